The van der Waals surface area contributed by atoms with Gasteiger partial charge in [0.25, 0.3) is 5.91 Å². The second-order valence-electron chi connectivity index (χ2n) is 5.60. The molecule has 23 heavy (non-hydrogen) atoms. The Kier molecular flexibility index (Phi) is 3.78. The molecule has 0 radical (unpaired) electrons. The summed E-state index contributed by atoms with van der Waals surface area (Å²) in [4.78, 5) is 25.6. The Balaban J connectivity index is 2.11. The number of hydrogen-bond donors (Lipinski definition) is 1. The van der Waals surface area contributed by atoms with Crippen molar-refractivity contribution < 1.29 is 19.4 Å². The molecule has 0 saturated heterocycles. The molecule has 2 unspecified atom stereocenters. The lowest BCUT2D eigenvalue weighted by atomic mass is 10.0. The van der Waals surface area contributed by atoms with Gasteiger partial charge in [0.2, 0.25) is 6.10 Å². The van der Waals surface area contributed by atoms with Gasteiger partial charge in [-0.2, -0.15) is 0 Å². The van der Waals surface area contributed by atoms with Crippen molar-refractivity contribution >= 4 is 17.6 Å². The molecular weight excluding hydrogens is 294 g/mol. The zero-order valence-corrected chi connectivity index (χ0v) is 12.9. The van der Waals surface area contributed by atoms with Gasteiger partial charge in [-0.25, -0.2) is 4.79 Å². The normalized spacial score (nSPS) is 18.1. The Bertz CT molecular complexity index is 757. The van der Waals surface area contributed by atoms with Gasteiger partial charge in [0.15, 0.2) is 0 Å². The van der Waals surface area contributed by atoms with E-state index in [1.165, 1.54) is 11.8 Å². The molecule has 0 aliphatic carbocycles. The number of fused-ring (bicyclic) bond motifs is 1. The molecule has 0 saturated carbocycles. The van der Waals surface area contributed by atoms with E-state index in [0.29, 0.717) is 17.0 Å². The van der Waals surface area contributed by atoms with E-state index in [1.54, 1.807) is 18.2 Å². The number of anilines is 1. The number of carbonyl (C=O) groups excluding carboxylic acids is 1. The topological polar surface area (TPSA) is 66.8 Å². The first-order valence-electron chi connectivity index (χ1n) is 7.37. The summed E-state index contributed by atoms with van der Waals surface area (Å²) < 4.78 is 5.89. The first-order chi connectivity index (χ1) is 11.0. The van der Waals surface area contributed by atoms with Gasteiger partial charge in [-0.1, -0.05) is 36.4 Å². The predicted molar refractivity (Wildman–Crippen MR) is 85.6 cm³/mol. The van der Waals surface area contributed by atoms with Crippen LogP contribution in [0.1, 0.15) is 24.2 Å². The summed E-state index contributed by atoms with van der Waals surface area (Å²) in [7, 11) is 0. The molecule has 0 bridgehead atoms. The average Bonchev–Trinajstić information content (AvgIpc) is 2.54. The highest BCUT2D eigenvalue weighted by Crippen LogP contribution is 2.40. The van der Waals surface area contributed by atoms with Crippen molar-refractivity contribution in [2.45, 2.75) is 26.0 Å². The minimum Gasteiger partial charge on any atom is -0.480 e. The van der Waals surface area contributed by atoms with Gasteiger partial charge in [0.05, 0.1) is 5.69 Å². The van der Waals surface area contributed by atoms with Gasteiger partial charge in [0.1, 0.15) is 11.8 Å². The molecule has 5 heteroatoms. The van der Waals surface area contributed by atoms with Crippen molar-refractivity contribution in [2.75, 3.05) is 4.90 Å². The summed E-state index contributed by atoms with van der Waals surface area (Å²) in [6, 6.07) is 13.5. The van der Waals surface area contributed by atoms with Crippen molar-refractivity contribution in [3.8, 4) is 5.75 Å². The van der Waals surface area contributed by atoms with E-state index in [2.05, 4.69) is 0 Å². The fourth-order valence-corrected chi connectivity index (χ4v) is 2.69. The maximum atomic E-state index is 12.9. The lowest BCUT2D eigenvalue weighted by Gasteiger charge is -2.36. The highest BCUT2D eigenvalue weighted by atomic mass is 16.5. The van der Waals surface area contributed by atoms with Crippen LogP contribution in [0.25, 0.3) is 0 Å². The van der Waals surface area contributed by atoms with E-state index < -0.39 is 18.1 Å². The first-order valence-corrected chi connectivity index (χ1v) is 7.37. The Morgan fingerprint density at radius 1 is 1.22 bits per heavy atom. The van der Waals surface area contributed by atoms with Gasteiger partial charge >= 0.3 is 5.97 Å². The molecule has 2 aromatic rings. The maximum Gasteiger partial charge on any atom is 0.326 e. The van der Waals surface area contributed by atoms with Crippen molar-refractivity contribution in [3.05, 3.63) is 59.7 Å². The second kappa shape index (κ2) is 5.76. The summed E-state index contributed by atoms with van der Waals surface area (Å²) in [5, 5.41) is 9.35. The maximum absolute atomic E-state index is 12.9. The van der Waals surface area contributed by atoms with Crippen molar-refractivity contribution in [1.82, 2.24) is 0 Å². The van der Waals surface area contributed by atoms with Crippen LogP contribution in [-0.2, 0) is 9.59 Å². The monoisotopic (exact) mass is 311 g/mol. The molecule has 1 amide bonds. The van der Waals surface area contributed by atoms with E-state index in [4.69, 9.17) is 4.74 Å². The molecule has 0 fully saturated rings. The van der Waals surface area contributed by atoms with E-state index in [0.717, 1.165) is 5.56 Å². The molecule has 1 aliphatic rings. The third kappa shape index (κ3) is 2.65. The largest absolute Gasteiger partial charge is 0.480 e. The fraction of sp³-hybridized carbons (Fsp3) is 0.222. The molecule has 5 nitrogen and oxygen atoms in total. The van der Waals surface area contributed by atoms with Gasteiger partial charge in [0, 0.05) is 5.56 Å². The van der Waals surface area contributed by atoms with Crippen LogP contribution < -0.4 is 9.64 Å². The Hall–Kier alpha value is -2.82. The number of ether oxygens (including phenoxy) is 1. The van der Waals surface area contributed by atoms with Gasteiger partial charge < -0.3 is 9.84 Å². The molecular formula is C18H17NO4. The highest BCUT2D eigenvalue weighted by Gasteiger charge is 2.39. The molecule has 2 atom stereocenters. The Morgan fingerprint density at radius 2 is 1.91 bits per heavy atom. The Morgan fingerprint density at radius 3 is 2.57 bits per heavy atom. The number of nitrogens with zero attached hydrogens (tertiary/aromatic N) is 1. The lowest BCUT2D eigenvalue weighted by Crippen LogP contribution is -2.49. The SMILES string of the molecule is Cc1ccc2c(c1)OC(c1ccccc1)C(=O)N2C(C)C(=O)O. The standard InChI is InChI=1S/C18H17NO4/c1-11-8-9-14-15(10-11)23-16(13-6-4-3-5-7-13)17(20)19(14)12(2)18(21)22/h3-10,12,16H,1-2H3,(H,21,22). The number of amides is 1. The van der Waals surface area contributed by atoms with Crippen molar-refractivity contribution in [2.24, 2.45) is 0 Å². The molecule has 1 heterocycles. The predicted octanol–water partition coefficient (Wildman–Crippen LogP) is 2.93. The summed E-state index contributed by atoms with van der Waals surface area (Å²) >= 11 is 0. The minimum absolute atomic E-state index is 0.373. The summed E-state index contributed by atoms with van der Waals surface area (Å²) in [5.41, 5.74) is 2.17. The number of carboxylic acids is 1. The van der Waals surface area contributed by atoms with E-state index >= 15 is 0 Å². The Labute approximate surface area is 134 Å². The number of carbonyl (C=O) groups is 2. The van der Waals surface area contributed by atoms with Gasteiger partial charge in [-0.05, 0) is 31.5 Å². The minimum atomic E-state index is -1.06. The summed E-state index contributed by atoms with van der Waals surface area (Å²) in [6.45, 7) is 3.42. The van der Waals surface area contributed by atoms with E-state index in [-0.39, 0.29) is 5.91 Å². The van der Waals surface area contributed by atoms with Crippen LogP contribution >= 0.6 is 0 Å². The summed E-state index contributed by atoms with van der Waals surface area (Å²) in [5.74, 6) is -0.910. The zero-order chi connectivity index (χ0) is 16.6. The van der Waals surface area contributed by atoms with Crippen LogP contribution in [0.5, 0.6) is 5.75 Å². The molecule has 118 valence electrons. The van der Waals surface area contributed by atoms with E-state index in [1.807, 2.05) is 37.3 Å². The van der Waals surface area contributed by atoms with Crippen LogP contribution in [0.15, 0.2) is 48.5 Å². The van der Waals surface area contributed by atoms with Gasteiger partial charge in [-0.15, -0.1) is 0 Å². The smallest absolute Gasteiger partial charge is 0.326 e. The number of aryl methyl sites for hydroxylation is 1. The third-order valence-electron chi connectivity index (χ3n) is 3.93. The van der Waals surface area contributed by atoms with Crippen molar-refractivity contribution in [1.29, 1.82) is 0 Å². The molecule has 0 aromatic heterocycles. The third-order valence-corrected chi connectivity index (χ3v) is 3.93. The van der Waals surface area contributed by atoms with Crippen LogP contribution in [0.4, 0.5) is 5.69 Å². The first kappa shape index (κ1) is 15.1. The van der Waals surface area contributed by atoms with Gasteiger partial charge in [-0.3, -0.25) is 9.69 Å². The summed E-state index contributed by atoms with van der Waals surface area (Å²) in [6.07, 6.45) is -0.840. The zero-order valence-electron chi connectivity index (χ0n) is 12.9. The number of aliphatic carboxylic acids is 1. The van der Waals surface area contributed by atoms with Crippen molar-refractivity contribution in [3.63, 3.8) is 0 Å². The highest BCUT2D eigenvalue weighted by molar-refractivity contribution is 6.04. The molecule has 1 N–H and O–H groups in total. The number of benzene rings is 2. The lowest BCUT2D eigenvalue weighted by molar-refractivity contribution is -0.141. The number of rotatable bonds is 3. The average molecular weight is 311 g/mol. The second-order valence-corrected chi connectivity index (χ2v) is 5.60. The van der Waals surface area contributed by atoms with Crippen LogP contribution in [0.2, 0.25) is 0 Å². The van der Waals surface area contributed by atoms with Crippen LogP contribution in [0.3, 0.4) is 0 Å². The molecule has 0 spiro atoms. The van der Waals surface area contributed by atoms with E-state index in [9.17, 15) is 14.7 Å². The number of carboxylic acid groups (broad SMARTS) is 1. The van der Waals surface area contributed by atoms with Crippen LogP contribution in [0, 0.1) is 6.92 Å². The number of hydrogen-bond acceptors (Lipinski definition) is 3. The quantitative estimate of drug-likeness (QED) is 0.946. The van der Waals surface area contributed by atoms with Crippen LogP contribution in [-0.4, -0.2) is 23.0 Å². The molecule has 2 aromatic carbocycles. The fourth-order valence-electron chi connectivity index (χ4n) is 2.69. The molecule has 3 rings (SSSR count). The molecule has 1 aliphatic heterocycles.